The molecule has 0 spiro atoms. The van der Waals surface area contributed by atoms with E-state index in [-0.39, 0.29) is 12.1 Å². The number of fused-ring (bicyclic) bond motifs is 1. The molecule has 1 aliphatic heterocycles. The van der Waals surface area contributed by atoms with Crippen LogP contribution in [0.4, 0.5) is 11.5 Å². The number of hydrogen-bond acceptors (Lipinski definition) is 3. The summed E-state index contributed by atoms with van der Waals surface area (Å²) in [7, 11) is 0. The molecule has 1 N–H and O–H groups in total. The van der Waals surface area contributed by atoms with Crippen molar-refractivity contribution in [2.24, 2.45) is 0 Å². The van der Waals surface area contributed by atoms with Crippen molar-refractivity contribution in [1.82, 2.24) is 4.98 Å². The van der Waals surface area contributed by atoms with Crippen molar-refractivity contribution in [2.75, 3.05) is 10.2 Å². The zero-order chi connectivity index (χ0) is 17.4. The molecule has 1 aromatic heterocycles. The normalized spacial score (nSPS) is 16.0. The van der Waals surface area contributed by atoms with Crippen LogP contribution in [-0.2, 0) is 0 Å². The number of halogens is 2. The lowest BCUT2D eigenvalue weighted by molar-refractivity contribution is 0.0992. The van der Waals surface area contributed by atoms with Gasteiger partial charge >= 0.3 is 0 Å². The summed E-state index contributed by atoms with van der Waals surface area (Å²) >= 11 is 11.9. The molecule has 1 atom stereocenters. The molecule has 0 unspecified atom stereocenters. The second-order valence-electron chi connectivity index (χ2n) is 5.65. The van der Waals surface area contributed by atoms with E-state index in [2.05, 4.69) is 10.3 Å². The Kier molecular flexibility index (Phi) is 4.07. The van der Waals surface area contributed by atoms with Gasteiger partial charge in [-0.3, -0.25) is 9.69 Å². The van der Waals surface area contributed by atoms with Gasteiger partial charge in [0.1, 0.15) is 12.0 Å². The van der Waals surface area contributed by atoms with E-state index in [1.165, 1.54) is 6.20 Å². The summed E-state index contributed by atoms with van der Waals surface area (Å²) in [6.45, 7) is 0. The van der Waals surface area contributed by atoms with Crippen molar-refractivity contribution in [1.29, 1.82) is 0 Å². The van der Waals surface area contributed by atoms with Crippen LogP contribution in [0.15, 0.2) is 66.9 Å². The van der Waals surface area contributed by atoms with Gasteiger partial charge in [0.2, 0.25) is 0 Å². The third kappa shape index (κ3) is 2.95. The Morgan fingerprint density at radius 3 is 2.36 bits per heavy atom. The van der Waals surface area contributed by atoms with Crippen LogP contribution in [0.3, 0.4) is 0 Å². The molecule has 0 aliphatic carbocycles. The van der Waals surface area contributed by atoms with E-state index in [1.54, 1.807) is 29.2 Å². The van der Waals surface area contributed by atoms with Crippen molar-refractivity contribution >= 4 is 40.6 Å². The first-order chi connectivity index (χ1) is 12.1. The Balaban J connectivity index is 1.77. The molecular weight excluding hydrogens is 357 g/mol. The van der Waals surface area contributed by atoms with Crippen LogP contribution in [-0.4, -0.2) is 10.9 Å². The minimum Gasteiger partial charge on any atom is -0.361 e. The molecule has 0 saturated carbocycles. The zero-order valence-electron chi connectivity index (χ0n) is 13.0. The van der Waals surface area contributed by atoms with Crippen molar-refractivity contribution < 1.29 is 4.79 Å². The van der Waals surface area contributed by atoms with Gasteiger partial charge in [0.05, 0.1) is 5.02 Å². The first-order valence-electron chi connectivity index (χ1n) is 7.69. The van der Waals surface area contributed by atoms with Gasteiger partial charge in [0, 0.05) is 28.0 Å². The van der Waals surface area contributed by atoms with E-state index < -0.39 is 0 Å². The molecule has 25 heavy (non-hydrogen) atoms. The highest BCUT2D eigenvalue weighted by Crippen LogP contribution is 2.37. The lowest BCUT2D eigenvalue weighted by atomic mass is 10.1. The topological polar surface area (TPSA) is 45.2 Å². The number of nitrogens with one attached hydrogen (secondary N) is 1. The van der Waals surface area contributed by atoms with Crippen LogP contribution in [0.2, 0.25) is 10.0 Å². The van der Waals surface area contributed by atoms with E-state index in [0.717, 1.165) is 11.3 Å². The molecule has 0 bridgehead atoms. The summed E-state index contributed by atoms with van der Waals surface area (Å²) in [6.07, 6.45) is 1.17. The van der Waals surface area contributed by atoms with Gasteiger partial charge in [-0.25, -0.2) is 4.98 Å². The lowest BCUT2D eigenvalue weighted by Gasteiger charge is -2.26. The largest absolute Gasteiger partial charge is 0.361 e. The SMILES string of the molecule is O=C1c2ccccc2[C@@H](Nc2ccc(Cl)cc2)N1c1ccc(Cl)cn1. The maximum absolute atomic E-state index is 12.9. The minimum absolute atomic E-state index is 0.100. The first kappa shape index (κ1) is 15.9. The second-order valence-corrected chi connectivity index (χ2v) is 6.52. The maximum atomic E-state index is 12.9. The fraction of sp³-hybridized carbons (Fsp3) is 0.0526. The number of hydrogen-bond donors (Lipinski definition) is 1. The van der Waals surface area contributed by atoms with Crippen LogP contribution in [0.1, 0.15) is 22.1 Å². The summed E-state index contributed by atoms with van der Waals surface area (Å²) in [5.74, 6) is 0.439. The molecule has 6 heteroatoms. The number of rotatable bonds is 3. The Labute approximate surface area is 155 Å². The van der Waals surface area contributed by atoms with Crippen molar-refractivity contribution in [2.45, 2.75) is 6.17 Å². The first-order valence-corrected chi connectivity index (χ1v) is 8.45. The number of carbonyl (C=O) groups excluding carboxylic acids is 1. The molecule has 3 aromatic rings. The summed E-state index contributed by atoms with van der Waals surface area (Å²) in [5, 5.41) is 4.57. The Bertz CT molecular complexity index is 926. The number of nitrogens with zero attached hydrogens (tertiary/aromatic N) is 2. The van der Waals surface area contributed by atoms with Gasteiger partial charge in [-0.2, -0.15) is 0 Å². The fourth-order valence-electron chi connectivity index (χ4n) is 2.91. The number of amides is 1. The maximum Gasteiger partial charge on any atom is 0.261 e. The lowest BCUT2D eigenvalue weighted by Crippen LogP contribution is -2.32. The summed E-state index contributed by atoms with van der Waals surface area (Å²) in [6, 6.07) is 18.4. The Morgan fingerprint density at radius 1 is 0.920 bits per heavy atom. The predicted molar refractivity (Wildman–Crippen MR) is 100 cm³/mol. The number of aromatic nitrogens is 1. The van der Waals surface area contributed by atoms with Crippen LogP contribution in [0.25, 0.3) is 0 Å². The second kappa shape index (κ2) is 6.39. The van der Waals surface area contributed by atoms with Gasteiger partial charge in [0.25, 0.3) is 5.91 Å². The number of pyridine rings is 1. The predicted octanol–water partition coefficient (Wildman–Crippen LogP) is 5.16. The fourth-order valence-corrected chi connectivity index (χ4v) is 3.15. The highest BCUT2D eigenvalue weighted by atomic mass is 35.5. The molecule has 2 heterocycles. The monoisotopic (exact) mass is 369 g/mol. The molecule has 124 valence electrons. The third-order valence-electron chi connectivity index (χ3n) is 4.07. The molecule has 1 amide bonds. The molecule has 4 nitrogen and oxygen atoms in total. The van der Waals surface area contributed by atoms with E-state index >= 15 is 0 Å². The van der Waals surface area contributed by atoms with Gasteiger partial charge in [-0.05, 0) is 42.5 Å². The Morgan fingerprint density at radius 2 is 1.64 bits per heavy atom. The molecule has 2 aromatic carbocycles. The highest BCUT2D eigenvalue weighted by molar-refractivity contribution is 6.30. The smallest absolute Gasteiger partial charge is 0.261 e. The van der Waals surface area contributed by atoms with Crippen LogP contribution in [0.5, 0.6) is 0 Å². The standard InChI is InChI=1S/C19H13Cl2N3O/c20-12-5-8-14(9-6-12)23-18-15-3-1-2-4-16(15)19(25)24(18)17-10-7-13(21)11-22-17/h1-11,18,23H/t18-/m0/s1. The summed E-state index contributed by atoms with van der Waals surface area (Å²) in [4.78, 5) is 18.9. The summed E-state index contributed by atoms with van der Waals surface area (Å²) in [5.41, 5.74) is 2.42. The molecular formula is C19H13Cl2N3O. The molecule has 1 aliphatic rings. The quantitative estimate of drug-likeness (QED) is 0.693. The average Bonchev–Trinajstić information content (AvgIpc) is 2.90. The summed E-state index contributed by atoms with van der Waals surface area (Å²) < 4.78 is 0. The number of anilines is 2. The molecule has 0 saturated heterocycles. The number of benzene rings is 2. The van der Waals surface area contributed by atoms with Crippen molar-refractivity contribution in [3.8, 4) is 0 Å². The van der Waals surface area contributed by atoms with Gasteiger partial charge in [-0.1, -0.05) is 41.4 Å². The van der Waals surface area contributed by atoms with E-state index in [4.69, 9.17) is 23.2 Å². The van der Waals surface area contributed by atoms with Gasteiger partial charge in [0.15, 0.2) is 0 Å². The average molecular weight is 370 g/mol. The molecule has 0 radical (unpaired) electrons. The van der Waals surface area contributed by atoms with Crippen molar-refractivity contribution in [3.63, 3.8) is 0 Å². The van der Waals surface area contributed by atoms with E-state index in [1.807, 2.05) is 36.4 Å². The molecule has 4 rings (SSSR count). The van der Waals surface area contributed by atoms with Crippen LogP contribution in [0, 0.1) is 0 Å². The Hall–Kier alpha value is -2.56. The van der Waals surface area contributed by atoms with Gasteiger partial charge in [-0.15, -0.1) is 0 Å². The van der Waals surface area contributed by atoms with Crippen LogP contribution >= 0.6 is 23.2 Å². The van der Waals surface area contributed by atoms with E-state index in [0.29, 0.717) is 21.4 Å². The van der Waals surface area contributed by atoms with Crippen molar-refractivity contribution in [3.05, 3.63) is 88.0 Å². The van der Waals surface area contributed by atoms with E-state index in [9.17, 15) is 4.79 Å². The number of carbonyl (C=O) groups is 1. The highest BCUT2D eigenvalue weighted by Gasteiger charge is 2.38. The third-order valence-corrected chi connectivity index (χ3v) is 4.54. The van der Waals surface area contributed by atoms with Gasteiger partial charge < -0.3 is 5.32 Å². The zero-order valence-corrected chi connectivity index (χ0v) is 14.5. The van der Waals surface area contributed by atoms with Crippen LogP contribution < -0.4 is 10.2 Å². The minimum atomic E-state index is -0.362. The molecule has 0 fully saturated rings.